The number of carbonyl (C=O) groups excluding carboxylic acids is 2. The Morgan fingerprint density at radius 3 is 2.36 bits per heavy atom. The van der Waals surface area contributed by atoms with Crippen LogP contribution in [0.4, 0.5) is 4.79 Å². The first-order valence-corrected chi connectivity index (χ1v) is 5.28. The minimum atomic E-state index is -0.663. The molecule has 3 amide bonds. The normalized spacial score (nSPS) is 18.9. The zero-order valence-corrected chi connectivity index (χ0v) is 9.01. The van der Waals surface area contributed by atoms with Crippen LogP contribution in [0.15, 0.2) is 0 Å². The molecule has 0 spiro atoms. The van der Waals surface area contributed by atoms with Gasteiger partial charge in [0.25, 0.3) is 0 Å². The summed E-state index contributed by atoms with van der Waals surface area (Å²) in [6, 6.07) is -0.317. The Morgan fingerprint density at radius 1 is 1.29 bits per heavy atom. The number of hydrogen-bond acceptors (Lipinski definition) is 2. The van der Waals surface area contributed by atoms with Gasteiger partial charge in [-0.05, 0) is 26.2 Å². The van der Waals surface area contributed by atoms with E-state index >= 15 is 0 Å². The predicted molar refractivity (Wildman–Crippen MR) is 54.3 cm³/mol. The van der Waals surface area contributed by atoms with Gasteiger partial charge in [0.1, 0.15) is 5.38 Å². The summed E-state index contributed by atoms with van der Waals surface area (Å²) in [6.45, 7) is 3.01. The number of rotatable bonds is 1. The first kappa shape index (κ1) is 11.3. The van der Waals surface area contributed by atoms with E-state index < -0.39 is 11.3 Å². The SMILES string of the molecule is CC(Cl)C(=O)NC(=O)N1CCCCC1. The van der Waals surface area contributed by atoms with Gasteiger partial charge in [-0.3, -0.25) is 10.1 Å². The van der Waals surface area contributed by atoms with E-state index in [1.54, 1.807) is 11.8 Å². The minimum absolute atomic E-state index is 0.317. The Morgan fingerprint density at radius 2 is 1.86 bits per heavy atom. The maximum absolute atomic E-state index is 11.4. The van der Waals surface area contributed by atoms with Crippen LogP contribution in [0.1, 0.15) is 26.2 Å². The van der Waals surface area contributed by atoms with Crippen molar-refractivity contribution in [3.63, 3.8) is 0 Å². The van der Waals surface area contributed by atoms with Gasteiger partial charge in [0, 0.05) is 13.1 Å². The number of nitrogens with one attached hydrogen (secondary N) is 1. The van der Waals surface area contributed by atoms with Gasteiger partial charge in [-0.2, -0.15) is 0 Å². The lowest BCUT2D eigenvalue weighted by molar-refractivity contribution is -0.119. The second-order valence-electron chi connectivity index (χ2n) is 3.46. The van der Waals surface area contributed by atoms with Crippen LogP contribution in [0.25, 0.3) is 0 Å². The van der Waals surface area contributed by atoms with Crippen LogP contribution in [0, 0.1) is 0 Å². The second-order valence-corrected chi connectivity index (χ2v) is 4.11. The van der Waals surface area contributed by atoms with Gasteiger partial charge in [0.2, 0.25) is 5.91 Å². The molecule has 4 nitrogen and oxygen atoms in total. The van der Waals surface area contributed by atoms with E-state index in [1.807, 2.05) is 0 Å². The molecular formula is C9H15ClN2O2. The molecular weight excluding hydrogens is 204 g/mol. The van der Waals surface area contributed by atoms with Crippen molar-refractivity contribution in [3.8, 4) is 0 Å². The number of likely N-dealkylation sites (tertiary alicyclic amines) is 1. The average Bonchev–Trinajstić information content (AvgIpc) is 2.19. The van der Waals surface area contributed by atoms with Gasteiger partial charge in [0.15, 0.2) is 0 Å². The molecule has 0 aromatic heterocycles. The zero-order valence-electron chi connectivity index (χ0n) is 8.25. The molecule has 1 aliphatic rings. The van der Waals surface area contributed by atoms with E-state index in [4.69, 9.17) is 11.6 Å². The number of imide groups is 1. The Hall–Kier alpha value is -0.770. The molecule has 1 unspecified atom stereocenters. The largest absolute Gasteiger partial charge is 0.324 e. The van der Waals surface area contributed by atoms with Crippen LogP contribution in [0.3, 0.4) is 0 Å². The van der Waals surface area contributed by atoms with Crippen molar-refractivity contribution in [1.29, 1.82) is 0 Å². The number of piperidine rings is 1. The van der Waals surface area contributed by atoms with Gasteiger partial charge in [-0.1, -0.05) is 0 Å². The van der Waals surface area contributed by atoms with Crippen LogP contribution in [-0.4, -0.2) is 35.3 Å². The summed E-state index contributed by atoms with van der Waals surface area (Å²) < 4.78 is 0. The van der Waals surface area contributed by atoms with Crippen molar-refractivity contribution >= 4 is 23.5 Å². The van der Waals surface area contributed by atoms with Crippen LogP contribution in [0.5, 0.6) is 0 Å². The lowest BCUT2D eigenvalue weighted by Gasteiger charge is -2.26. The summed E-state index contributed by atoms with van der Waals surface area (Å²) in [5.41, 5.74) is 0. The van der Waals surface area contributed by atoms with Crippen LogP contribution >= 0.6 is 11.6 Å². The van der Waals surface area contributed by atoms with Crippen molar-refractivity contribution in [2.75, 3.05) is 13.1 Å². The van der Waals surface area contributed by atoms with Gasteiger partial charge >= 0.3 is 6.03 Å². The smallest absolute Gasteiger partial charge is 0.324 e. The molecule has 1 rings (SSSR count). The molecule has 80 valence electrons. The molecule has 5 heteroatoms. The van der Waals surface area contributed by atoms with Crippen molar-refractivity contribution in [2.24, 2.45) is 0 Å². The summed E-state index contributed by atoms with van der Waals surface area (Å²) in [5, 5.41) is 1.60. The third-order valence-corrected chi connectivity index (χ3v) is 2.43. The fourth-order valence-electron chi connectivity index (χ4n) is 1.38. The number of carbonyl (C=O) groups is 2. The third kappa shape index (κ3) is 3.18. The maximum Gasteiger partial charge on any atom is 0.324 e. The number of alkyl halides is 1. The molecule has 1 saturated heterocycles. The highest BCUT2D eigenvalue weighted by Gasteiger charge is 2.19. The lowest BCUT2D eigenvalue weighted by atomic mass is 10.1. The molecule has 1 heterocycles. The topological polar surface area (TPSA) is 49.4 Å². The fraction of sp³-hybridized carbons (Fsp3) is 0.778. The average molecular weight is 219 g/mol. The molecule has 0 aliphatic carbocycles. The highest BCUT2D eigenvalue weighted by atomic mass is 35.5. The molecule has 0 aromatic rings. The Bertz CT molecular complexity index is 225. The summed E-state index contributed by atoms with van der Waals surface area (Å²) in [6.07, 6.45) is 3.18. The Kier molecular flexibility index (Phi) is 4.20. The van der Waals surface area contributed by atoms with Crippen LogP contribution in [0.2, 0.25) is 0 Å². The van der Waals surface area contributed by atoms with E-state index in [-0.39, 0.29) is 6.03 Å². The first-order valence-electron chi connectivity index (χ1n) is 4.85. The van der Waals surface area contributed by atoms with E-state index in [0.717, 1.165) is 32.4 Å². The maximum atomic E-state index is 11.4. The van der Waals surface area contributed by atoms with Crippen LogP contribution in [-0.2, 0) is 4.79 Å². The van der Waals surface area contributed by atoms with E-state index in [1.165, 1.54) is 0 Å². The van der Waals surface area contributed by atoms with Gasteiger partial charge < -0.3 is 4.90 Å². The lowest BCUT2D eigenvalue weighted by Crippen LogP contribution is -2.46. The minimum Gasteiger partial charge on any atom is -0.324 e. The van der Waals surface area contributed by atoms with Crippen LogP contribution < -0.4 is 5.32 Å². The fourth-order valence-corrected chi connectivity index (χ4v) is 1.44. The number of urea groups is 1. The Labute approximate surface area is 88.6 Å². The molecule has 1 N–H and O–H groups in total. The summed E-state index contributed by atoms with van der Waals surface area (Å²) >= 11 is 5.53. The molecule has 1 fully saturated rings. The monoisotopic (exact) mass is 218 g/mol. The summed E-state index contributed by atoms with van der Waals surface area (Å²) in [4.78, 5) is 24.2. The van der Waals surface area contributed by atoms with Gasteiger partial charge in [0.05, 0.1) is 0 Å². The van der Waals surface area contributed by atoms with Gasteiger partial charge in [-0.15, -0.1) is 11.6 Å². The third-order valence-electron chi connectivity index (χ3n) is 2.23. The van der Waals surface area contributed by atoms with Crippen molar-refractivity contribution < 1.29 is 9.59 Å². The van der Waals surface area contributed by atoms with Crippen molar-refractivity contribution in [2.45, 2.75) is 31.6 Å². The van der Waals surface area contributed by atoms with Crippen molar-refractivity contribution in [3.05, 3.63) is 0 Å². The molecule has 0 aromatic carbocycles. The number of hydrogen-bond donors (Lipinski definition) is 1. The number of halogens is 1. The number of nitrogens with zero attached hydrogens (tertiary/aromatic N) is 1. The molecule has 1 aliphatic heterocycles. The zero-order chi connectivity index (χ0) is 10.6. The molecule has 0 saturated carbocycles. The molecule has 14 heavy (non-hydrogen) atoms. The quantitative estimate of drug-likeness (QED) is 0.676. The summed E-state index contributed by atoms with van der Waals surface area (Å²) in [5.74, 6) is -0.428. The summed E-state index contributed by atoms with van der Waals surface area (Å²) in [7, 11) is 0. The van der Waals surface area contributed by atoms with Crippen molar-refractivity contribution in [1.82, 2.24) is 10.2 Å². The standard InChI is InChI=1S/C9H15ClN2O2/c1-7(10)8(13)11-9(14)12-5-3-2-4-6-12/h7H,2-6H2,1H3,(H,11,13,14). The molecule has 1 atom stereocenters. The Balaban J connectivity index is 2.37. The predicted octanol–water partition coefficient (Wildman–Crippen LogP) is 1.34. The van der Waals surface area contributed by atoms with E-state index in [9.17, 15) is 9.59 Å². The van der Waals surface area contributed by atoms with Gasteiger partial charge in [-0.25, -0.2) is 4.79 Å². The molecule has 0 bridgehead atoms. The van der Waals surface area contributed by atoms with E-state index in [2.05, 4.69) is 5.32 Å². The highest BCUT2D eigenvalue weighted by Crippen LogP contribution is 2.08. The number of amides is 3. The second kappa shape index (κ2) is 5.20. The molecule has 0 radical (unpaired) electrons. The van der Waals surface area contributed by atoms with E-state index in [0.29, 0.717) is 0 Å². The highest BCUT2D eigenvalue weighted by molar-refractivity contribution is 6.31. The first-order chi connectivity index (χ1) is 6.61.